The van der Waals surface area contributed by atoms with Gasteiger partial charge in [0.25, 0.3) is 5.91 Å². The summed E-state index contributed by atoms with van der Waals surface area (Å²) in [5.74, 6) is -0.785. The second-order valence-electron chi connectivity index (χ2n) is 8.17. The molecule has 0 radical (unpaired) electrons. The molecule has 11 heteroatoms. The lowest BCUT2D eigenvalue weighted by Crippen LogP contribution is -2.40. The van der Waals surface area contributed by atoms with Gasteiger partial charge in [-0.3, -0.25) is 9.69 Å². The van der Waals surface area contributed by atoms with Gasteiger partial charge < -0.3 is 9.47 Å². The Labute approximate surface area is 201 Å². The van der Waals surface area contributed by atoms with E-state index >= 15 is 0 Å². The molecule has 0 aliphatic carbocycles. The first kappa shape index (κ1) is 23.3. The van der Waals surface area contributed by atoms with Gasteiger partial charge in [0.15, 0.2) is 5.13 Å². The fourth-order valence-electron chi connectivity index (χ4n) is 4.12. The highest BCUT2D eigenvalue weighted by molar-refractivity contribution is 7.89. The molecule has 1 aromatic heterocycles. The van der Waals surface area contributed by atoms with E-state index in [0.29, 0.717) is 48.3 Å². The molecule has 2 aliphatic rings. The van der Waals surface area contributed by atoms with Gasteiger partial charge in [0.05, 0.1) is 35.5 Å². The van der Waals surface area contributed by atoms with E-state index in [1.54, 1.807) is 12.1 Å². The summed E-state index contributed by atoms with van der Waals surface area (Å²) in [4.78, 5) is 19.6. The van der Waals surface area contributed by atoms with Crippen molar-refractivity contribution in [3.05, 3.63) is 53.8 Å². The minimum absolute atomic E-state index is 0.124. The predicted molar refractivity (Wildman–Crippen MR) is 126 cm³/mol. The second-order valence-corrected chi connectivity index (χ2v) is 11.1. The minimum Gasteiger partial charge on any atom is -0.379 e. The smallest absolute Gasteiger partial charge is 0.260 e. The largest absolute Gasteiger partial charge is 0.379 e. The maximum atomic E-state index is 14.2. The number of amides is 1. The van der Waals surface area contributed by atoms with Gasteiger partial charge in [0.1, 0.15) is 11.3 Å². The van der Waals surface area contributed by atoms with Crippen LogP contribution in [0.4, 0.5) is 9.52 Å². The van der Waals surface area contributed by atoms with E-state index in [4.69, 9.17) is 9.47 Å². The van der Waals surface area contributed by atoms with Gasteiger partial charge in [0.2, 0.25) is 10.0 Å². The van der Waals surface area contributed by atoms with Crippen LogP contribution < -0.4 is 4.90 Å². The summed E-state index contributed by atoms with van der Waals surface area (Å²) in [6.07, 6.45) is 1.59. The molecule has 5 rings (SSSR count). The number of rotatable bonds is 6. The Bertz CT molecular complexity index is 1280. The second kappa shape index (κ2) is 9.67. The van der Waals surface area contributed by atoms with Crippen molar-refractivity contribution in [2.75, 3.05) is 44.4 Å². The molecule has 2 saturated heterocycles. The van der Waals surface area contributed by atoms with Crippen molar-refractivity contribution >= 4 is 42.6 Å². The molecule has 34 heavy (non-hydrogen) atoms. The maximum Gasteiger partial charge on any atom is 0.260 e. The van der Waals surface area contributed by atoms with Gasteiger partial charge in [-0.1, -0.05) is 17.4 Å². The number of hydrogen-bond donors (Lipinski definition) is 0. The molecular weight excluding hydrogens is 481 g/mol. The molecule has 0 bridgehead atoms. The van der Waals surface area contributed by atoms with E-state index in [2.05, 4.69) is 4.98 Å². The molecule has 180 valence electrons. The van der Waals surface area contributed by atoms with Crippen molar-refractivity contribution in [3.63, 3.8) is 0 Å². The van der Waals surface area contributed by atoms with Crippen LogP contribution in [0.3, 0.4) is 0 Å². The van der Waals surface area contributed by atoms with Gasteiger partial charge in [-0.15, -0.1) is 0 Å². The number of thiazole rings is 1. The number of para-hydroxylation sites is 1. The lowest BCUT2D eigenvalue weighted by molar-refractivity contribution is 0.0730. The lowest BCUT2D eigenvalue weighted by atomic mass is 10.2. The number of anilines is 1. The number of morpholine rings is 1. The quantitative estimate of drug-likeness (QED) is 0.511. The first-order chi connectivity index (χ1) is 16.4. The van der Waals surface area contributed by atoms with Crippen LogP contribution in [0.5, 0.6) is 0 Å². The van der Waals surface area contributed by atoms with Gasteiger partial charge >= 0.3 is 0 Å². The summed E-state index contributed by atoms with van der Waals surface area (Å²) in [6, 6.07) is 10.6. The van der Waals surface area contributed by atoms with Crippen molar-refractivity contribution in [2.45, 2.75) is 23.8 Å². The molecule has 0 N–H and O–H groups in total. The van der Waals surface area contributed by atoms with E-state index in [9.17, 15) is 17.6 Å². The van der Waals surface area contributed by atoms with Crippen molar-refractivity contribution in [3.8, 4) is 0 Å². The summed E-state index contributed by atoms with van der Waals surface area (Å²) in [7, 11) is -3.66. The monoisotopic (exact) mass is 505 g/mol. The fourth-order valence-corrected chi connectivity index (χ4v) is 6.52. The highest BCUT2D eigenvalue weighted by atomic mass is 32.2. The molecule has 2 aliphatic heterocycles. The summed E-state index contributed by atoms with van der Waals surface area (Å²) in [5, 5.41) is 0.380. The van der Waals surface area contributed by atoms with Crippen molar-refractivity contribution in [2.24, 2.45) is 0 Å². The minimum atomic E-state index is -3.66. The Balaban J connectivity index is 1.44. The summed E-state index contributed by atoms with van der Waals surface area (Å²) >= 11 is 1.24. The van der Waals surface area contributed by atoms with Crippen molar-refractivity contribution < 1.29 is 27.1 Å². The topological polar surface area (TPSA) is 89.0 Å². The average Bonchev–Trinajstić information content (AvgIpc) is 3.53. The van der Waals surface area contributed by atoms with Crippen molar-refractivity contribution in [1.82, 2.24) is 9.29 Å². The lowest BCUT2D eigenvalue weighted by Gasteiger charge is -2.26. The average molecular weight is 506 g/mol. The normalized spacial score (nSPS) is 19.5. The van der Waals surface area contributed by atoms with Crippen LogP contribution in [0.15, 0.2) is 47.4 Å². The van der Waals surface area contributed by atoms with Crippen LogP contribution in [0.2, 0.25) is 0 Å². The third-order valence-electron chi connectivity index (χ3n) is 5.95. The van der Waals surface area contributed by atoms with Gasteiger partial charge in [0, 0.05) is 25.3 Å². The van der Waals surface area contributed by atoms with Crippen LogP contribution in [0.1, 0.15) is 23.2 Å². The van der Waals surface area contributed by atoms with Crippen LogP contribution in [0.25, 0.3) is 10.2 Å². The molecule has 0 saturated carbocycles. The summed E-state index contributed by atoms with van der Waals surface area (Å²) in [5.41, 5.74) is 0.540. The Morgan fingerprint density at radius 3 is 2.59 bits per heavy atom. The van der Waals surface area contributed by atoms with E-state index in [-0.39, 0.29) is 29.0 Å². The third-order valence-corrected chi connectivity index (χ3v) is 8.91. The van der Waals surface area contributed by atoms with Gasteiger partial charge in [-0.2, -0.15) is 4.31 Å². The summed E-state index contributed by atoms with van der Waals surface area (Å²) in [6.45, 7) is 2.23. The maximum absolute atomic E-state index is 14.2. The van der Waals surface area contributed by atoms with E-state index in [1.165, 1.54) is 50.9 Å². The van der Waals surface area contributed by atoms with E-state index in [0.717, 1.165) is 12.8 Å². The van der Waals surface area contributed by atoms with Gasteiger partial charge in [-0.25, -0.2) is 17.8 Å². The van der Waals surface area contributed by atoms with Crippen LogP contribution in [-0.4, -0.2) is 69.2 Å². The number of halogens is 1. The number of fused-ring (bicyclic) bond motifs is 1. The number of nitrogens with zero attached hydrogens (tertiary/aromatic N) is 3. The standard InChI is InChI=1S/C23H24FN3O5S2/c24-19-4-1-5-20-21(19)25-23(33-20)27(15-17-3-2-12-32-17)22(28)16-6-8-18(9-7-16)34(29,30)26-10-13-31-14-11-26/h1,4-9,17H,2-3,10-15H2. The number of aromatic nitrogens is 1. The molecule has 1 atom stereocenters. The fraction of sp³-hybridized carbons (Fsp3) is 0.391. The van der Waals surface area contributed by atoms with E-state index in [1.807, 2.05) is 0 Å². The third kappa shape index (κ3) is 4.58. The SMILES string of the molecule is O=C(c1ccc(S(=O)(=O)N2CCOCC2)cc1)N(CC1CCCO1)c1nc2c(F)cccc2s1. The number of carbonyl (C=O) groups is 1. The van der Waals surface area contributed by atoms with Crippen LogP contribution in [0, 0.1) is 5.82 Å². The predicted octanol–water partition coefficient (Wildman–Crippen LogP) is 3.28. The van der Waals surface area contributed by atoms with Crippen LogP contribution >= 0.6 is 11.3 Å². The highest BCUT2D eigenvalue weighted by Gasteiger charge is 2.29. The molecule has 0 spiro atoms. The summed E-state index contributed by atoms with van der Waals surface area (Å²) < 4.78 is 53.0. The number of sulfonamides is 1. The van der Waals surface area contributed by atoms with E-state index < -0.39 is 15.8 Å². The zero-order chi connectivity index (χ0) is 23.7. The zero-order valence-electron chi connectivity index (χ0n) is 18.4. The zero-order valence-corrected chi connectivity index (χ0v) is 20.0. The molecule has 2 fully saturated rings. The molecule has 3 aromatic rings. The Morgan fingerprint density at radius 1 is 1.15 bits per heavy atom. The number of carbonyl (C=O) groups excluding carboxylic acids is 1. The Kier molecular flexibility index (Phi) is 6.63. The number of hydrogen-bond acceptors (Lipinski definition) is 7. The Hall–Kier alpha value is -2.44. The first-order valence-electron chi connectivity index (χ1n) is 11.1. The Morgan fingerprint density at radius 2 is 1.91 bits per heavy atom. The van der Waals surface area contributed by atoms with Crippen LogP contribution in [-0.2, 0) is 19.5 Å². The molecule has 2 aromatic carbocycles. The highest BCUT2D eigenvalue weighted by Crippen LogP contribution is 2.32. The molecule has 3 heterocycles. The number of ether oxygens (including phenoxy) is 2. The first-order valence-corrected chi connectivity index (χ1v) is 13.4. The molecule has 1 amide bonds. The van der Waals surface area contributed by atoms with Crippen molar-refractivity contribution in [1.29, 1.82) is 0 Å². The van der Waals surface area contributed by atoms with Gasteiger partial charge in [-0.05, 0) is 49.2 Å². The molecular formula is C23H24FN3O5S2. The molecule has 8 nitrogen and oxygen atoms in total. The number of benzene rings is 2. The molecule has 1 unspecified atom stereocenters.